The number of benzene rings is 2. The van der Waals surface area contributed by atoms with E-state index in [-0.39, 0.29) is 18.2 Å². The average Bonchev–Trinajstić information content (AvgIpc) is 2.72. The molecule has 0 aliphatic carbocycles. The van der Waals surface area contributed by atoms with Gasteiger partial charge in [-0.25, -0.2) is 0 Å². The van der Waals surface area contributed by atoms with Crippen LogP contribution in [0, 0.1) is 0 Å². The molecule has 28 heavy (non-hydrogen) atoms. The fourth-order valence-corrected chi connectivity index (χ4v) is 3.14. The molecule has 2 aromatic carbocycles. The second-order valence-corrected chi connectivity index (χ2v) is 6.69. The highest BCUT2D eigenvalue weighted by Gasteiger charge is 2.18. The van der Waals surface area contributed by atoms with Crippen molar-refractivity contribution in [3.63, 3.8) is 0 Å². The predicted octanol–water partition coefficient (Wildman–Crippen LogP) is 2.95. The molecule has 6 nitrogen and oxygen atoms in total. The minimum Gasteiger partial charge on any atom is -0.486 e. The van der Waals surface area contributed by atoms with Crippen molar-refractivity contribution in [1.82, 2.24) is 5.32 Å². The summed E-state index contributed by atoms with van der Waals surface area (Å²) in [6.45, 7) is 3.45. The largest absolute Gasteiger partial charge is 0.486 e. The molecule has 0 spiro atoms. The molecule has 6 heteroatoms. The van der Waals surface area contributed by atoms with E-state index < -0.39 is 0 Å². The first-order valence-electron chi connectivity index (χ1n) is 9.62. The molecule has 1 aliphatic heterocycles. The van der Waals surface area contributed by atoms with Crippen molar-refractivity contribution in [1.29, 1.82) is 0 Å². The molecule has 2 aromatic rings. The molecule has 0 saturated carbocycles. The number of fused-ring (bicyclic) bond motifs is 1. The topological polar surface area (TPSA) is 67.9 Å². The van der Waals surface area contributed by atoms with Crippen LogP contribution in [0.5, 0.6) is 11.5 Å². The molecule has 0 unspecified atom stereocenters. The Morgan fingerprint density at radius 2 is 1.79 bits per heavy atom. The number of nitrogens with one attached hydrogen (secondary N) is 1. The van der Waals surface area contributed by atoms with E-state index in [4.69, 9.17) is 9.47 Å². The first-order valence-corrected chi connectivity index (χ1v) is 9.62. The lowest BCUT2D eigenvalue weighted by atomic mass is 10.1. The fourth-order valence-electron chi connectivity index (χ4n) is 3.14. The van der Waals surface area contributed by atoms with Gasteiger partial charge in [-0.05, 0) is 30.5 Å². The SMILES string of the molecule is CC(=O)N(CCC(=O)NCCCc1ccccc1)c1ccc2c(c1)OCCO2. The number of hydrogen-bond donors (Lipinski definition) is 1. The maximum atomic E-state index is 12.2. The van der Waals surface area contributed by atoms with Crippen LogP contribution in [0.25, 0.3) is 0 Å². The van der Waals surface area contributed by atoms with E-state index in [2.05, 4.69) is 17.4 Å². The van der Waals surface area contributed by atoms with Crippen molar-refractivity contribution in [2.24, 2.45) is 0 Å². The van der Waals surface area contributed by atoms with Crippen molar-refractivity contribution in [3.8, 4) is 11.5 Å². The van der Waals surface area contributed by atoms with Gasteiger partial charge in [0.1, 0.15) is 13.2 Å². The van der Waals surface area contributed by atoms with Crippen molar-refractivity contribution in [2.45, 2.75) is 26.2 Å². The van der Waals surface area contributed by atoms with Crippen LogP contribution >= 0.6 is 0 Å². The number of anilines is 1. The quantitative estimate of drug-likeness (QED) is 0.713. The number of carbonyl (C=O) groups is 2. The van der Waals surface area contributed by atoms with E-state index in [0.717, 1.165) is 12.8 Å². The highest BCUT2D eigenvalue weighted by molar-refractivity contribution is 5.92. The van der Waals surface area contributed by atoms with E-state index in [9.17, 15) is 9.59 Å². The lowest BCUT2D eigenvalue weighted by Gasteiger charge is -2.24. The summed E-state index contributed by atoms with van der Waals surface area (Å²) in [4.78, 5) is 25.8. The molecule has 0 bridgehead atoms. The van der Waals surface area contributed by atoms with Gasteiger partial charge < -0.3 is 19.7 Å². The Kier molecular flexibility index (Phi) is 6.89. The van der Waals surface area contributed by atoms with E-state index in [1.165, 1.54) is 12.5 Å². The van der Waals surface area contributed by atoms with Crippen LogP contribution in [0.4, 0.5) is 5.69 Å². The zero-order valence-corrected chi connectivity index (χ0v) is 16.1. The molecule has 0 radical (unpaired) electrons. The third-order valence-corrected chi connectivity index (χ3v) is 4.59. The molecule has 3 rings (SSSR count). The van der Waals surface area contributed by atoms with Crippen LogP contribution in [0.15, 0.2) is 48.5 Å². The van der Waals surface area contributed by atoms with Gasteiger partial charge in [0.05, 0.1) is 0 Å². The van der Waals surface area contributed by atoms with Gasteiger partial charge in [-0.15, -0.1) is 0 Å². The highest BCUT2D eigenvalue weighted by Crippen LogP contribution is 2.34. The average molecular weight is 382 g/mol. The van der Waals surface area contributed by atoms with Gasteiger partial charge in [0.2, 0.25) is 11.8 Å². The molecule has 1 aliphatic rings. The molecule has 2 amide bonds. The number of carbonyl (C=O) groups excluding carboxylic acids is 2. The van der Waals surface area contributed by atoms with Crippen LogP contribution < -0.4 is 19.7 Å². The van der Waals surface area contributed by atoms with Gasteiger partial charge in [-0.2, -0.15) is 0 Å². The van der Waals surface area contributed by atoms with Crippen LogP contribution in [0.2, 0.25) is 0 Å². The summed E-state index contributed by atoms with van der Waals surface area (Å²) in [5.74, 6) is 1.13. The smallest absolute Gasteiger partial charge is 0.223 e. The molecule has 0 saturated heterocycles. The normalized spacial score (nSPS) is 12.3. The molecule has 1 heterocycles. The summed E-state index contributed by atoms with van der Waals surface area (Å²) in [6.07, 6.45) is 2.06. The van der Waals surface area contributed by atoms with Crippen LogP contribution in [0.3, 0.4) is 0 Å². The maximum absolute atomic E-state index is 12.2. The molecule has 1 N–H and O–H groups in total. The van der Waals surface area contributed by atoms with Gasteiger partial charge in [0.25, 0.3) is 0 Å². The monoisotopic (exact) mass is 382 g/mol. The van der Waals surface area contributed by atoms with E-state index in [1.807, 2.05) is 24.3 Å². The van der Waals surface area contributed by atoms with E-state index >= 15 is 0 Å². The van der Waals surface area contributed by atoms with Crippen LogP contribution in [-0.4, -0.2) is 38.1 Å². The van der Waals surface area contributed by atoms with Gasteiger partial charge in [-0.1, -0.05) is 30.3 Å². The maximum Gasteiger partial charge on any atom is 0.223 e. The zero-order valence-electron chi connectivity index (χ0n) is 16.1. The van der Waals surface area contributed by atoms with Crippen molar-refractivity contribution < 1.29 is 19.1 Å². The summed E-state index contributed by atoms with van der Waals surface area (Å²) in [6, 6.07) is 15.6. The molecular formula is C22H26N2O4. The number of amides is 2. The Labute approximate surface area is 165 Å². The number of rotatable bonds is 8. The first-order chi connectivity index (χ1) is 13.6. The van der Waals surface area contributed by atoms with Gasteiger partial charge in [0.15, 0.2) is 11.5 Å². The van der Waals surface area contributed by atoms with Gasteiger partial charge >= 0.3 is 0 Å². The van der Waals surface area contributed by atoms with Crippen LogP contribution in [-0.2, 0) is 16.0 Å². The second kappa shape index (κ2) is 9.78. The highest BCUT2D eigenvalue weighted by atomic mass is 16.6. The summed E-state index contributed by atoms with van der Waals surface area (Å²) >= 11 is 0. The third-order valence-electron chi connectivity index (χ3n) is 4.59. The number of hydrogen-bond acceptors (Lipinski definition) is 4. The van der Waals surface area contributed by atoms with Gasteiger partial charge in [-0.3, -0.25) is 9.59 Å². The van der Waals surface area contributed by atoms with Crippen molar-refractivity contribution in [2.75, 3.05) is 31.2 Å². The lowest BCUT2D eigenvalue weighted by molar-refractivity contribution is -0.121. The second-order valence-electron chi connectivity index (χ2n) is 6.69. The molecule has 148 valence electrons. The Morgan fingerprint density at radius 3 is 2.54 bits per heavy atom. The molecular weight excluding hydrogens is 356 g/mol. The fraction of sp³-hybridized carbons (Fsp3) is 0.364. The Hall–Kier alpha value is -3.02. The minimum atomic E-state index is -0.117. The van der Waals surface area contributed by atoms with E-state index in [1.54, 1.807) is 17.0 Å². The molecule has 0 atom stereocenters. The van der Waals surface area contributed by atoms with Crippen molar-refractivity contribution in [3.05, 3.63) is 54.1 Å². The standard InChI is InChI=1S/C22H26N2O4/c1-17(25)24(19-9-10-20-21(16-19)28-15-14-27-20)13-11-22(26)23-12-5-8-18-6-3-2-4-7-18/h2-4,6-7,9-10,16H,5,8,11-15H2,1H3,(H,23,26). The zero-order chi connectivity index (χ0) is 19.8. The summed E-state index contributed by atoms with van der Waals surface area (Å²) < 4.78 is 11.1. The van der Waals surface area contributed by atoms with Gasteiger partial charge in [0, 0.05) is 38.2 Å². The number of aryl methyl sites for hydroxylation is 1. The number of ether oxygens (including phenoxy) is 2. The first kappa shape index (κ1) is 19.7. The van der Waals surface area contributed by atoms with E-state index in [0.29, 0.717) is 43.5 Å². The number of nitrogens with zero attached hydrogens (tertiary/aromatic N) is 1. The summed E-state index contributed by atoms with van der Waals surface area (Å²) in [7, 11) is 0. The third kappa shape index (κ3) is 5.49. The Balaban J connectivity index is 1.46. The Morgan fingerprint density at radius 1 is 1.04 bits per heavy atom. The Bertz CT molecular complexity index is 807. The molecule has 0 fully saturated rings. The minimum absolute atomic E-state index is 0.0585. The lowest BCUT2D eigenvalue weighted by Crippen LogP contribution is -2.34. The van der Waals surface area contributed by atoms with Crippen molar-refractivity contribution >= 4 is 17.5 Å². The summed E-state index contributed by atoms with van der Waals surface area (Å²) in [5, 5.41) is 2.93. The molecule has 0 aromatic heterocycles. The van der Waals surface area contributed by atoms with Crippen LogP contribution in [0.1, 0.15) is 25.3 Å². The summed E-state index contributed by atoms with van der Waals surface area (Å²) in [5.41, 5.74) is 1.96. The predicted molar refractivity (Wildman–Crippen MR) is 108 cm³/mol.